The van der Waals surface area contributed by atoms with E-state index < -0.39 is 0 Å². The van der Waals surface area contributed by atoms with E-state index in [-0.39, 0.29) is 5.91 Å². The number of amides is 1. The molecule has 5 nitrogen and oxygen atoms in total. The zero-order valence-electron chi connectivity index (χ0n) is 12.1. The Bertz CT molecular complexity index is 610. The molecular weight excluding hydrogens is 304 g/mol. The number of primary amides is 1. The van der Waals surface area contributed by atoms with E-state index in [9.17, 15) is 4.79 Å². The van der Waals surface area contributed by atoms with Gasteiger partial charge in [0.1, 0.15) is 5.82 Å². The van der Waals surface area contributed by atoms with Crippen LogP contribution in [0.5, 0.6) is 0 Å². The van der Waals surface area contributed by atoms with Crippen molar-refractivity contribution in [3.05, 3.63) is 35.7 Å². The van der Waals surface area contributed by atoms with Crippen LogP contribution in [-0.2, 0) is 24.0 Å². The topological polar surface area (TPSA) is 73.8 Å². The van der Waals surface area contributed by atoms with Crippen molar-refractivity contribution < 1.29 is 4.79 Å². The predicted octanol–water partition coefficient (Wildman–Crippen LogP) is 2.25. The third kappa shape index (κ3) is 4.50. The minimum Gasteiger partial charge on any atom is -0.370 e. The number of carbonyl (C=O) groups excluding carboxylic acids is 1. The molecule has 0 spiro atoms. The van der Waals surface area contributed by atoms with Gasteiger partial charge in [-0.15, -0.1) is 22.0 Å². The monoisotopic (exact) mass is 322 g/mol. The second-order valence-corrected chi connectivity index (χ2v) is 6.38. The summed E-state index contributed by atoms with van der Waals surface area (Å²) >= 11 is 3.37. The van der Waals surface area contributed by atoms with Gasteiger partial charge in [-0.2, -0.15) is 0 Å². The molecular formula is C14H18N4OS2. The molecule has 0 saturated carbocycles. The minimum atomic E-state index is -0.318. The van der Waals surface area contributed by atoms with Gasteiger partial charge in [0.05, 0.1) is 0 Å². The van der Waals surface area contributed by atoms with E-state index in [2.05, 4.69) is 40.7 Å². The highest BCUT2D eigenvalue weighted by molar-refractivity contribution is 7.98. The fourth-order valence-electron chi connectivity index (χ4n) is 1.79. The lowest BCUT2D eigenvalue weighted by Gasteiger charge is -2.04. The second kappa shape index (κ2) is 7.51. The molecule has 0 unspecified atom stereocenters. The van der Waals surface area contributed by atoms with Crippen LogP contribution in [0.1, 0.15) is 17.8 Å². The Morgan fingerprint density at radius 2 is 2.00 bits per heavy atom. The van der Waals surface area contributed by atoms with Crippen molar-refractivity contribution in [1.29, 1.82) is 0 Å². The fourth-order valence-corrected chi connectivity index (χ4v) is 3.09. The molecule has 1 heterocycles. The average molecular weight is 322 g/mol. The van der Waals surface area contributed by atoms with Crippen molar-refractivity contribution in [3.8, 4) is 0 Å². The molecule has 0 fully saturated rings. The van der Waals surface area contributed by atoms with Crippen LogP contribution < -0.4 is 5.73 Å². The summed E-state index contributed by atoms with van der Waals surface area (Å²) < 4.78 is 1.92. The maximum absolute atomic E-state index is 10.8. The molecule has 1 aromatic carbocycles. The Hall–Kier alpha value is -1.47. The van der Waals surface area contributed by atoms with Crippen LogP contribution in [0.4, 0.5) is 0 Å². The van der Waals surface area contributed by atoms with E-state index in [4.69, 9.17) is 5.73 Å². The average Bonchev–Trinajstić information content (AvgIpc) is 2.84. The van der Waals surface area contributed by atoms with E-state index >= 15 is 0 Å². The smallest absolute Gasteiger partial charge is 0.217 e. The first-order chi connectivity index (χ1) is 10.1. The first-order valence-corrected chi connectivity index (χ1v) is 8.73. The Labute approximate surface area is 132 Å². The number of carbonyl (C=O) groups is 1. The summed E-state index contributed by atoms with van der Waals surface area (Å²) in [5, 5.41) is 9.12. The molecule has 0 atom stereocenters. The van der Waals surface area contributed by atoms with Crippen LogP contribution >= 0.6 is 23.5 Å². The van der Waals surface area contributed by atoms with Crippen LogP contribution in [0.3, 0.4) is 0 Å². The molecule has 2 N–H and O–H groups in total. The second-order valence-electron chi connectivity index (χ2n) is 4.56. The van der Waals surface area contributed by atoms with Crippen LogP contribution in [-0.4, -0.2) is 26.9 Å². The lowest BCUT2D eigenvalue weighted by molar-refractivity contribution is -0.118. The van der Waals surface area contributed by atoms with Gasteiger partial charge in [-0.25, -0.2) is 0 Å². The molecule has 0 aliphatic heterocycles. The quantitative estimate of drug-likeness (QED) is 0.791. The lowest BCUT2D eigenvalue weighted by Crippen LogP contribution is -2.12. The highest BCUT2D eigenvalue weighted by Gasteiger charge is 2.10. The first kappa shape index (κ1) is 15.9. The van der Waals surface area contributed by atoms with Gasteiger partial charge in [0.25, 0.3) is 0 Å². The van der Waals surface area contributed by atoms with Crippen molar-refractivity contribution in [3.63, 3.8) is 0 Å². The minimum absolute atomic E-state index is 0.298. The standard InChI is InChI=1S/C14H18N4OS2/c1-18-13(8-7-12(15)19)16-17-14(18)21-9-10-3-5-11(20-2)6-4-10/h3-6H,7-9H2,1-2H3,(H2,15,19). The number of nitrogens with zero attached hydrogens (tertiary/aromatic N) is 3. The van der Waals surface area contributed by atoms with E-state index in [1.54, 1.807) is 23.5 Å². The van der Waals surface area contributed by atoms with Gasteiger partial charge >= 0.3 is 0 Å². The van der Waals surface area contributed by atoms with Crippen molar-refractivity contribution >= 4 is 29.4 Å². The third-order valence-corrected chi connectivity index (χ3v) is 4.88. The molecule has 112 valence electrons. The summed E-state index contributed by atoms with van der Waals surface area (Å²) in [5.74, 6) is 1.31. The molecule has 0 aliphatic rings. The number of rotatable bonds is 7. The summed E-state index contributed by atoms with van der Waals surface area (Å²) in [7, 11) is 1.91. The molecule has 1 aromatic heterocycles. The van der Waals surface area contributed by atoms with E-state index in [1.807, 2.05) is 11.6 Å². The highest BCUT2D eigenvalue weighted by atomic mass is 32.2. The Balaban J connectivity index is 1.95. The molecule has 0 bridgehead atoms. The summed E-state index contributed by atoms with van der Waals surface area (Å²) in [6, 6.07) is 8.50. The van der Waals surface area contributed by atoms with E-state index in [1.165, 1.54) is 10.5 Å². The first-order valence-electron chi connectivity index (χ1n) is 6.52. The number of aromatic nitrogens is 3. The van der Waals surface area contributed by atoms with Crippen LogP contribution in [0, 0.1) is 0 Å². The maximum atomic E-state index is 10.8. The molecule has 2 rings (SSSR count). The van der Waals surface area contributed by atoms with Gasteiger partial charge in [-0.1, -0.05) is 23.9 Å². The summed E-state index contributed by atoms with van der Waals surface area (Å²) in [6.07, 6.45) is 2.89. The fraction of sp³-hybridized carbons (Fsp3) is 0.357. The normalized spacial score (nSPS) is 10.8. The third-order valence-electron chi connectivity index (χ3n) is 3.05. The van der Waals surface area contributed by atoms with E-state index in [0.717, 1.165) is 16.7 Å². The number of thioether (sulfide) groups is 2. The summed E-state index contributed by atoms with van der Waals surface area (Å²) in [6.45, 7) is 0. The zero-order valence-corrected chi connectivity index (χ0v) is 13.7. The Kier molecular flexibility index (Phi) is 5.69. The molecule has 2 aromatic rings. The van der Waals surface area contributed by atoms with Crippen molar-refractivity contribution in [2.45, 2.75) is 28.6 Å². The Morgan fingerprint density at radius 1 is 1.29 bits per heavy atom. The van der Waals surface area contributed by atoms with Crippen LogP contribution in [0.2, 0.25) is 0 Å². The molecule has 0 radical (unpaired) electrons. The number of aryl methyl sites for hydroxylation is 1. The molecule has 0 aliphatic carbocycles. The molecule has 7 heteroatoms. The van der Waals surface area contributed by atoms with E-state index in [0.29, 0.717) is 12.8 Å². The van der Waals surface area contributed by atoms with Crippen LogP contribution in [0.25, 0.3) is 0 Å². The van der Waals surface area contributed by atoms with Crippen molar-refractivity contribution in [2.24, 2.45) is 12.8 Å². The van der Waals surface area contributed by atoms with Crippen molar-refractivity contribution in [2.75, 3.05) is 6.26 Å². The lowest BCUT2D eigenvalue weighted by atomic mass is 10.2. The van der Waals surface area contributed by atoms with Gasteiger partial charge < -0.3 is 10.3 Å². The molecule has 1 amide bonds. The molecule has 0 saturated heterocycles. The number of hydrogen-bond acceptors (Lipinski definition) is 5. The summed E-state index contributed by atoms with van der Waals surface area (Å²) in [4.78, 5) is 12.1. The van der Waals surface area contributed by atoms with Gasteiger partial charge in [-0.05, 0) is 24.0 Å². The number of hydrogen-bond donors (Lipinski definition) is 1. The Morgan fingerprint density at radius 3 is 2.62 bits per heavy atom. The van der Waals surface area contributed by atoms with Gasteiger partial charge in [0.2, 0.25) is 5.91 Å². The van der Waals surface area contributed by atoms with Crippen molar-refractivity contribution in [1.82, 2.24) is 14.8 Å². The maximum Gasteiger partial charge on any atom is 0.217 e. The van der Waals surface area contributed by atoms with Crippen LogP contribution in [0.15, 0.2) is 34.3 Å². The largest absolute Gasteiger partial charge is 0.370 e. The number of nitrogens with two attached hydrogens (primary N) is 1. The highest BCUT2D eigenvalue weighted by Crippen LogP contribution is 2.23. The SMILES string of the molecule is CSc1ccc(CSc2nnc(CCC(N)=O)n2C)cc1. The number of benzene rings is 1. The molecule has 21 heavy (non-hydrogen) atoms. The van der Waals surface area contributed by atoms with Gasteiger partial charge in [-0.3, -0.25) is 4.79 Å². The summed E-state index contributed by atoms with van der Waals surface area (Å²) in [5.41, 5.74) is 6.40. The zero-order chi connectivity index (χ0) is 15.2. The van der Waals surface area contributed by atoms with Gasteiger partial charge in [0, 0.05) is 30.5 Å². The predicted molar refractivity (Wildman–Crippen MR) is 86.3 cm³/mol. The van der Waals surface area contributed by atoms with Gasteiger partial charge in [0.15, 0.2) is 5.16 Å².